The largest absolute Gasteiger partial charge is 0.285 e. The minimum Gasteiger partial charge on any atom is -0.285 e. The Hall–Kier alpha value is -1.49. The summed E-state index contributed by atoms with van der Waals surface area (Å²) >= 11 is 0. The van der Waals surface area contributed by atoms with Crippen molar-refractivity contribution in [2.75, 3.05) is 0 Å². The molecule has 0 radical (unpaired) electrons. The van der Waals surface area contributed by atoms with Crippen molar-refractivity contribution in [3.63, 3.8) is 0 Å². The van der Waals surface area contributed by atoms with Crippen LogP contribution in [0.15, 0.2) is 29.3 Å². The van der Waals surface area contributed by atoms with E-state index in [0.29, 0.717) is 11.3 Å². The van der Waals surface area contributed by atoms with Gasteiger partial charge in [-0.15, -0.1) is 0 Å². The fourth-order valence-electron chi connectivity index (χ4n) is 1.07. The van der Waals surface area contributed by atoms with E-state index in [1.807, 2.05) is 0 Å². The summed E-state index contributed by atoms with van der Waals surface area (Å²) in [7, 11) is -4.13. The molecule has 1 rings (SSSR count). The van der Waals surface area contributed by atoms with Crippen molar-refractivity contribution in [2.45, 2.75) is 12.2 Å². The molecule has 0 aliphatic heterocycles. The lowest BCUT2D eigenvalue weighted by Crippen LogP contribution is -2.07. The maximum Gasteiger partial charge on any atom is 0.271 e. The molecule has 0 spiro atoms. The van der Waals surface area contributed by atoms with Gasteiger partial charge in [0, 0.05) is 0 Å². The second-order valence-electron chi connectivity index (χ2n) is 2.96. The minimum absolute atomic E-state index is 0.304. The molecule has 0 aliphatic rings. The molecule has 6 heteroatoms. The average Bonchev–Trinajstić information content (AvgIpc) is 2.16. The van der Waals surface area contributed by atoms with Crippen molar-refractivity contribution in [3.05, 3.63) is 29.8 Å². The third kappa shape index (κ3) is 2.99. The van der Waals surface area contributed by atoms with Crippen LogP contribution in [0.5, 0.6) is 0 Å². The summed E-state index contributed by atoms with van der Waals surface area (Å²) in [6, 6.07) is 6.02. The summed E-state index contributed by atoms with van der Waals surface area (Å²) in [5, 5.41) is -1.04. The molecule has 0 saturated carbocycles. The third-order valence-corrected chi connectivity index (χ3v) is 3.13. The van der Waals surface area contributed by atoms with Gasteiger partial charge in [-0.1, -0.05) is 12.1 Å². The molecule has 5 nitrogen and oxygen atoms in total. The van der Waals surface area contributed by atoms with Gasteiger partial charge in [-0.25, -0.2) is 4.79 Å². The van der Waals surface area contributed by atoms with E-state index in [1.54, 1.807) is 6.07 Å². The predicted molar refractivity (Wildman–Crippen MR) is 54.2 cm³/mol. The molecule has 0 amide bonds. The standard InChI is InChI=1S/C9H9NO4S/c1-7(15(12,13)14)8-3-2-4-9(5-8)10-6-11/h2-5,7H,1H3,(H,12,13,14)/t7-/m0/s1. The number of hydrogen-bond acceptors (Lipinski definition) is 4. The van der Waals surface area contributed by atoms with E-state index in [-0.39, 0.29) is 0 Å². The number of aliphatic imine (C=N–C) groups is 1. The van der Waals surface area contributed by atoms with E-state index in [9.17, 15) is 13.2 Å². The summed E-state index contributed by atoms with van der Waals surface area (Å²) in [4.78, 5) is 13.3. The number of carbonyl (C=O) groups excluding carboxylic acids is 1. The molecule has 0 unspecified atom stereocenters. The Balaban J connectivity index is 3.16. The van der Waals surface area contributed by atoms with Gasteiger partial charge in [0.15, 0.2) is 0 Å². The zero-order valence-electron chi connectivity index (χ0n) is 7.91. The zero-order chi connectivity index (χ0) is 11.5. The van der Waals surface area contributed by atoms with Crippen LogP contribution in [0.1, 0.15) is 17.7 Å². The fraction of sp³-hybridized carbons (Fsp3) is 0.222. The Kier molecular flexibility index (Phi) is 3.36. The Labute approximate surface area is 87.2 Å². The quantitative estimate of drug-likeness (QED) is 0.483. The lowest BCUT2D eigenvalue weighted by atomic mass is 10.1. The van der Waals surface area contributed by atoms with Crippen molar-refractivity contribution in [1.29, 1.82) is 0 Å². The van der Waals surface area contributed by atoms with Crippen LogP contribution in [0, 0.1) is 0 Å². The van der Waals surface area contributed by atoms with Crippen LogP contribution in [0.3, 0.4) is 0 Å². The number of isocyanates is 1. The fourth-order valence-corrected chi connectivity index (χ4v) is 1.56. The molecule has 15 heavy (non-hydrogen) atoms. The van der Waals surface area contributed by atoms with Crippen LogP contribution in [-0.2, 0) is 14.9 Å². The van der Waals surface area contributed by atoms with E-state index in [4.69, 9.17) is 4.55 Å². The maximum atomic E-state index is 10.8. The van der Waals surface area contributed by atoms with Gasteiger partial charge in [0.1, 0.15) is 5.25 Å². The van der Waals surface area contributed by atoms with Crippen molar-refractivity contribution in [1.82, 2.24) is 0 Å². The van der Waals surface area contributed by atoms with E-state index < -0.39 is 15.4 Å². The van der Waals surface area contributed by atoms with Crippen molar-refractivity contribution < 1.29 is 17.8 Å². The SMILES string of the molecule is C[C@@H](c1cccc(N=C=O)c1)S(=O)(=O)O. The molecule has 0 saturated heterocycles. The van der Waals surface area contributed by atoms with E-state index >= 15 is 0 Å². The van der Waals surface area contributed by atoms with Crippen LogP contribution in [0.25, 0.3) is 0 Å². The average molecular weight is 227 g/mol. The molecule has 80 valence electrons. The number of benzene rings is 1. The van der Waals surface area contributed by atoms with Crippen molar-refractivity contribution in [3.8, 4) is 0 Å². The molecule has 0 bridgehead atoms. The Morgan fingerprint density at radius 2 is 2.13 bits per heavy atom. The molecular formula is C9H9NO4S. The number of rotatable bonds is 3. The maximum absolute atomic E-state index is 10.8. The monoisotopic (exact) mass is 227 g/mol. The van der Waals surface area contributed by atoms with E-state index in [1.165, 1.54) is 31.2 Å². The van der Waals surface area contributed by atoms with Gasteiger partial charge in [0.25, 0.3) is 10.1 Å². The normalized spacial score (nSPS) is 12.9. The highest BCUT2D eigenvalue weighted by Crippen LogP contribution is 2.24. The van der Waals surface area contributed by atoms with E-state index in [0.717, 1.165) is 0 Å². The Morgan fingerprint density at radius 1 is 1.47 bits per heavy atom. The first kappa shape index (κ1) is 11.6. The van der Waals surface area contributed by atoms with Crippen LogP contribution in [-0.4, -0.2) is 19.1 Å². The first-order chi connectivity index (χ1) is 6.95. The summed E-state index contributed by atoms with van der Waals surface area (Å²) in [6.45, 7) is 1.35. The van der Waals surface area contributed by atoms with Gasteiger partial charge >= 0.3 is 0 Å². The van der Waals surface area contributed by atoms with Gasteiger partial charge in [0.2, 0.25) is 6.08 Å². The van der Waals surface area contributed by atoms with Crippen LogP contribution in [0.2, 0.25) is 0 Å². The molecule has 0 aromatic heterocycles. The number of nitrogens with zero attached hydrogens (tertiary/aromatic N) is 1. The predicted octanol–water partition coefficient (Wildman–Crippen LogP) is 1.60. The lowest BCUT2D eigenvalue weighted by Gasteiger charge is -2.07. The Morgan fingerprint density at radius 3 is 2.67 bits per heavy atom. The van der Waals surface area contributed by atoms with Gasteiger partial charge in [-0.05, 0) is 24.6 Å². The Bertz CT molecular complexity index is 503. The van der Waals surface area contributed by atoms with Gasteiger partial charge < -0.3 is 0 Å². The molecular weight excluding hydrogens is 218 g/mol. The first-order valence-electron chi connectivity index (χ1n) is 4.09. The summed E-state index contributed by atoms with van der Waals surface area (Å²) in [6.07, 6.45) is 1.35. The van der Waals surface area contributed by atoms with Crippen LogP contribution in [0.4, 0.5) is 5.69 Å². The van der Waals surface area contributed by atoms with Crippen LogP contribution < -0.4 is 0 Å². The van der Waals surface area contributed by atoms with Crippen molar-refractivity contribution in [2.24, 2.45) is 4.99 Å². The highest BCUT2D eigenvalue weighted by atomic mass is 32.2. The van der Waals surface area contributed by atoms with Gasteiger partial charge in [0.05, 0.1) is 5.69 Å². The minimum atomic E-state index is -4.13. The molecule has 1 aromatic carbocycles. The highest BCUT2D eigenvalue weighted by molar-refractivity contribution is 7.86. The van der Waals surface area contributed by atoms with Crippen LogP contribution >= 0.6 is 0 Å². The van der Waals surface area contributed by atoms with E-state index in [2.05, 4.69) is 4.99 Å². The second kappa shape index (κ2) is 4.35. The molecule has 0 heterocycles. The molecule has 1 N–H and O–H groups in total. The number of hydrogen-bond donors (Lipinski definition) is 1. The molecule has 1 aromatic rings. The third-order valence-electron chi connectivity index (χ3n) is 1.96. The molecule has 1 atom stereocenters. The van der Waals surface area contributed by atoms with Gasteiger partial charge in [-0.3, -0.25) is 4.55 Å². The first-order valence-corrected chi connectivity index (χ1v) is 5.59. The smallest absolute Gasteiger partial charge is 0.271 e. The lowest BCUT2D eigenvalue weighted by molar-refractivity contribution is 0.472. The van der Waals surface area contributed by atoms with Gasteiger partial charge in [-0.2, -0.15) is 13.4 Å². The zero-order valence-corrected chi connectivity index (χ0v) is 8.73. The highest BCUT2D eigenvalue weighted by Gasteiger charge is 2.19. The summed E-state index contributed by atoms with van der Waals surface area (Å²) < 4.78 is 30.5. The molecule has 0 aliphatic carbocycles. The summed E-state index contributed by atoms with van der Waals surface area (Å²) in [5.74, 6) is 0. The second-order valence-corrected chi connectivity index (χ2v) is 4.69. The topological polar surface area (TPSA) is 83.8 Å². The summed E-state index contributed by atoms with van der Waals surface area (Å²) in [5.41, 5.74) is 0.673. The molecule has 0 fully saturated rings. The van der Waals surface area contributed by atoms with Crippen molar-refractivity contribution >= 4 is 21.9 Å².